The Bertz CT molecular complexity index is 883. The SMILES string of the molecule is CCN(CC)c1ccc2cc(/C=C3\C(=O)NN=C3OC=O)ccc2c1. The molecule has 3 rings (SSSR count). The summed E-state index contributed by atoms with van der Waals surface area (Å²) in [5.41, 5.74) is 4.53. The molecule has 2 aromatic carbocycles. The van der Waals surface area contributed by atoms with E-state index in [1.807, 2.05) is 18.2 Å². The normalized spacial score (nSPS) is 15.2. The number of nitrogens with one attached hydrogen (secondary N) is 1. The summed E-state index contributed by atoms with van der Waals surface area (Å²) in [6.45, 7) is 6.44. The van der Waals surface area contributed by atoms with Crippen LogP contribution in [-0.4, -0.2) is 31.4 Å². The molecule has 0 atom stereocenters. The molecule has 0 spiro atoms. The summed E-state index contributed by atoms with van der Waals surface area (Å²) in [6.07, 6.45) is 1.66. The Hall–Kier alpha value is -3.15. The maximum atomic E-state index is 11.8. The highest BCUT2D eigenvalue weighted by Crippen LogP contribution is 2.24. The summed E-state index contributed by atoms with van der Waals surface area (Å²) >= 11 is 0. The third kappa shape index (κ3) is 3.38. The van der Waals surface area contributed by atoms with Crippen molar-refractivity contribution in [2.75, 3.05) is 18.0 Å². The predicted octanol–water partition coefficient (Wildman–Crippen LogP) is 2.69. The van der Waals surface area contributed by atoms with Gasteiger partial charge in [-0.05, 0) is 54.5 Å². The quantitative estimate of drug-likeness (QED) is 0.673. The van der Waals surface area contributed by atoms with Gasteiger partial charge in [-0.3, -0.25) is 9.59 Å². The van der Waals surface area contributed by atoms with Crippen molar-refractivity contribution in [1.29, 1.82) is 0 Å². The Morgan fingerprint density at radius 3 is 2.56 bits per heavy atom. The first-order valence-electron chi connectivity index (χ1n) is 8.15. The summed E-state index contributed by atoms with van der Waals surface area (Å²) in [4.78, 5) is 24.6. The molecule has 0 aliphatic carbocycles. The van der Waals surface area contributed by atoms with Crippen molar-refractivity contribution in [3.8, 4) is 0 Å². The number of amides is 1. The van der Waals surface area contributed by atoms with Crippen LogP contribution in [0, 0.1) is 0 Å². The molecule has 0 saturated carbocycles. The van der Waals surface area contributed by atoms with Gasteiger partial charge < -0.3 is 9.64 Å². The van der Waals surface area contributed by atoms with Gasteiger partial charge >= 0.3 is 0 Å². The van der Waals surface area contributed by atoms with Crippen molar-refractivity contribution in [1.82, 2.24) is 5.43 Å². The molecule has 6 heteroatoms. The van der Waals surface area contributed by atoms with Crippen molar-refractivity contribution in [2.45, 2.75) is 13.8 Å². The lowest BCUT2D eigenvalue weighted by Gasteiger charge is -2.21. The monoisotopic (exact) mass is 337 g/mol. The second-order valence-corrected chi connectivity index (χ2v) is 5.59. The zero-order chi connectivity index (χ0) is 17.8. The van der Waals surface area contributed by atoms with Crippen molar-refractivity contribution >= 4 is 40.8 Å². The highest BCUT2D eigenvalue weighted by atomic mass is 16.5. The number of carbonyl (C=O) groups is 2. The van der Waals surface area contributed by atoms with Gasteiger partial charge in [0.1, 0.15) is 5.57 Å². The first-order chi connectivity index (χ1) is 12.2. The second kappa shape index (κ2) is 7.17. The Kier molecular flexibility index (Phi) is 4.79. The van der Waals surface area contributed by atoms with Crippen LogP contribution in [-0.2, 0) is 14.3 Å². The number of nitrogens with zero attached hydrogens (tertiary/aromatic N) is 2. The third-order valence-corrected chi connectivity index (χ3v) is 4.18. The van der Waals surface area contributed by atoms with E-state index in [4.69, 9.17) is 4.74 Å². The molecule has 6 nitrogen and oxygen atoms in total. The minimum atomic E-state index is -0.395. The van der Waals surface area contributed by atoms with Crippen LogP contribution in [0.4, 0.5) is 5.69 Å². The molecule has 0 aromatic heterocycles. The molecule has 2 aromatic rings. The number of carbonyl (C=O) groups excluding carboxylic acids is 2. The van der Waals surface area contributed by atoms with Gasteiger partial charge in [0, 0.05) is 18.8 Å². The van der Waals surface area contributed by atoms with Gasteiger partial charge in [-0.1, -0.05) is 18.2 Å². The van der Waals surface area contributed by atoms with E-state index in [1.54, 1.807) is 6.08 Å². The van der Waals surface area contributed by atoms with E-state index in [2.05, 4.69) is 47.5 Å². The highest BCUT2D eigenvalue weighted by Gasteiger charge is 2.24. The molecule has 1 N–H and O–H groups in total. The number of benzene rings is 2. The summed E-state index contributed by atoms with van der Waals surface area (Å²) in [5, 5.41) is 5.88. The molecule has 1 heterocycles. The fourth-order valence-corrected chi connectivity index (χ4v) is 2.88. The zero-order valence-corrected chi connectivity index (χ0v) is 14.2. The smallest absolute Gasteiger partial charge is 0.299 e. The summed E-state index contributed by atoms with van der Waals surface area (Å²) in [5.74, 6) is -0.411. The van der Waals surface area contributed by atoms with Crippen LogP contribution in [0.3, 0.4) is 0 Å². The van der Waals surface area contributed by atoms with Gasteiger partial charge in [0.15, 0.2) is 0 Å². The summed E-state index contributed by atoms with van der Waals surface area (Å²) < 4.78 is 4.72. The van der Waals surface area contributed by atoms with Gasteiger partial charge in [0.05, 0.1) is 0 Å². The van der Waals surface area contributed by atoms with Crippen LogP contribution in [0.1, 0.15) is 19.4 Å². The van der Waals surface area contributed by atoms with E-state index in [-0.39, 0.29) is 17.9 Å². The standard InChI is InChI=1S/C19H19N3O3/c1-3-22(4-2)16-8-7-14-9-13(5-6-15(14)11-16)10-17-18(24)20-21-19(17)25-12-23/h5-12H,3-4H2,1-2H3,(H,20,24)/b17-10+. The van der Waals surface area contributed by atoms with Crippen LogP contribution < -0.4 is 10.3 Å². The lowest BCUT2D eigenvalue weighted by atomic mass is 10.0. The highest BCUT2D eigenvalue weighted by molar-refractivity contribution is 6.25. The number of hydrogen-bond donors (Lipinski definition) is 1. The molecule has 128 valence electrons. The van der Waals surface area contributed by atoms with E-state index >= 15 is 0 Å². The van der Waals surface area contributed by atoms with E-state index in [1.165, 1.54) is 5.69 Å². The number of fused-ring (bicyclic) bond motifs is 1. The van der Waals surface area contributed by atoms with Crippen LogP contribution in [0.2, 0.25) is 0 Å². The number of hydrogen-bond acceptors (Lipinski definition) is 5. The van der Waals surface area contributed by atoms with Crippen molar-refractivity contribution in [2.24, 2.45) is 5.10 Å². The van der Waals surface area contributed by atoms with E-state index in [0.717, 1.165) is 29.4 Å². The molecular weight excluding hydrogens is 318 g/mol. The predicted molar refractivity (Wildman–Crippen MR) is 98.2 cm³/mol. The average molecular weight is 337 g/mol. The minimum Gasteiger partial charge on any atom is -0.407 e. The van der Waals surface area contributed by atoms with E-state index < -0.39 is 5.91 Å². The van der Waals surface area contributed by atoms with Crippen molar-refractivity contribution in [3.63, 3.8) is 0 Å². The fourth-order valence-electron chi connectivity index (χ4n) is 2.88. The van der Waals surface area contributed by atoms with E-state index in [9.17, 15) is 9.59 Å². The number of anilines is 1. The van der Waals surface area contributed by atoms with Crippen molar-refractivity contribution in [3.05, 3.63) is 47.5 Å². The van der Waals surface area contributed by atoms with Gasteiger partial charge in [0.25, 0.3) is 18.3 Å². The summed E-state index contributed by atoms with van der Waals surface area (Å²) in [7, 11) is 0. The number of rotatable bonds is 5. The van der Waals surface area contributed by atoms with Gasteiger partial charge in [-0.15, -0.1) is 5.10 Å². The summed E-state index contributed by atoms with van der Waals surface area (Å²) in [6, 6.07) is 12.2. The topological polar surface area (TPSA) is 71.0 Å². The average Bonchev–Trinajstić information content (AvgIpc) is 2.96. The van der Waals surface area contributed by atoms with Crippen LogP contribution in [0.15, 0.2) is 47.1 Å². The molecule has 1 aliphatic heterocycles. The Balaban J connectivity index is 1.95. The molecule has 0 radical (unpaired) electrons. The van der Waals surface area contributed by atoms with Crippen LogP contribution >= 0.6 is 0 Å². The maximum Gasteiger partial charge on any atom is 0.299 e. The largest absolute Gasteiger partial charge is 0.407 e. The molecule has 1 aliphatic rings. The van der Waals surface area contributed by atoms with Crippen LogP contribution in [0.5, 0.6) is 0 Å². The fraction of sp³-hybridized carbons (Fsp3) is 0.211. The Labute approximate surface area is 145 Å². The second-order valence-electron chi connectivity index (χ2n) is 5.59. The minimum absolute atomic E-state index is 0.0167. The maximum absolute atomic E-state index is 11.8. The first-order valence-corrected chi connectivity index (χ1v) is 8.15. The molecule has 0 bridgehead atoms. The molecule has 0 fully saturated rings. The molecule has 25 heavy (non-hydrogen) atoms. The van der Waals surface area contributed by atoms with E-state index in [0.29, 0.717) is 0 Å². The lowest BCUT2D eigenvalue weighted by molar-refractivity contribution is -0.121. The lowest BCUT2D eigenvalue weighted by Crippen LogP contribution is -2.21. The zero-order valence-electron chi connectivity index (χ0n) is 14.2. The van der Waals surface area contributed by atoms with Crippen LogP contribution in [0.25, 0.3) is 16.8 Å². The van der Waals surface area contributed by atoms with Crippen molar-refractivity contribution < 1.29 is 14.3 Å². The number of hydrazone groups is 1. The molecular formula is C19H19N3O3. The number of ether oxygens (including phenoxy) is 1. The van der Waals surface area contributed by atoms with Gasteiger partial charge in [-0.2, -0.15) is 0 Å². The molecule has 0 unspecified atom stereocenters. The Morgan fingerprint density at radius 2 is 1.84 bits per heavy atom. The molecule has 1 amide bonds. The van der Waals surface area contributed by atoms with Gasteiger partial charge in [0.2, 0.25) is 0 Å². The Morgan fingerprint density at radius 1 is 1.12 bits per heavy atom. The third-order valence-electron chi connectivity index (χ3n) is 4.18. The first kappa shape index (κ1) is 16.7. The molecule has 0 saturated heterocycles. The van der Waals surface area contributed by atoms with Gasteiger partial charge in [-0.25, -0.2) is 5.43 Å².